The number of hydrogen-bond donors (Lipinski definition) is 3. The maximum absolute atomic E-state index is 12.7. The van der Waals surface area contributed by atoms with E-state index in [2.05, 4.69) is 10.7 Å². The van der Waals surface area contributed by atoms with Crippen LogP contribution in [0, 0.1) is 11.6 Å². The van der Waals surface area contributed by atoms with Crippen LogP contribution in [0.2, 0.25) is 0 Å². The molecule has 0 spiro atoms. The van der Waals surface area contributed by atoms with Gasteiger partial charge in [-0.25, -0.2) is 14.2 Å². The Labute approximate surface area is 74.9 Å². The van der Waals surface area contributed by atoms with Gasteiger partial charge in [-0.1, -0.05) is 6.07 Å². The molecule has 13 heavy (non-hydrogen) atoms. The van der Waals surface area contributed by atoms with Gasteiger partial charge >= 0.3 is 0 Å². The molecule has 1 unspecified atom stereocenters. The Morgan fingerprint density at radius 3 is 2.46 bits per heavy atom. The fraction of sp³-hybridized carbons (Fsp3) is 0.250. The average Bonchev–Trinajstić information content (AvgIpc) is 2.13. The molecule has 5 heteroatoms. The zero-order valence-corrected chi connectivity index (χ0v) is 7.14. The highest BCUT2D eigenvalue weighted by Crippen LogP contribution is 2.13. The number of rotatable bonds is 3. The van der Waals surface area contributed by atoms with Crippen LogP contribution in [0.25, 0.3) is 0 Å². The van der Waals surface area contributed by atoms with Crippen LogP contribution in [-0.2, 0) is 0 Å². The molecule has 0 heterocycles. The summed E-state index contributed by atoms with van der Waals surface area (Å²) in [6.45, 7) is 0. The van der Waals surface area contributed by atoms with E-state index in [-0.39, 0.29) is 6.17 Å². The number of nitrogens with one attached hydrogen (secondary N) is 2. The summed E-state index contributed by atoms with van der Waals surface area (Å²) in [5.74, 6) is 3.43. The van der Waals surface area contributed by atoms with E-state index in [0.717, 1.165) is 12.1 Å². The number of nitrogens with two attached hydrogens (primary N) is 1. The maximum atomic E-state index is 12.7. The highest BCUT2D eigenvalue weighted by molar-refractivity contribution is 5.20. The molecule has 0 aromatic heterocycles. The van der Waals surface area contributed by atoms with Crippen molar-refractivity contribution in [2.75, 3.05) is 7.05 Å². The summed E-state index contributed by atoms with van der Waals surface area (Å²) in [4.78, 5) is 0. The molecule has 3 nitrogen and oxygen atoms in total. The van der Waals surface area contributed by atoms with Gasteiger partial charge in [0.15, 0.2) is 11.6 Å². The predicted molar refractivity (Wildman–Crippen MR) is 45.5 cm³/mol. The summed E-state index contributed by atoms with van der Waals surface area (Å²) < 4.78 is 25.3. The number of hydrogen-bond acceptors (Lipinski definition) is 3. The molecular weight excluding hydrogens is 176 g/mol. The lowest BCUT2D eigenvalue weighted by molar-refractivity contribution is 0.472. The Morgan fingerprint density at radius 2 is 2.00 bits per heavy atom. The summed E-state index contributed by atoms with van der Waals surface area (Å²) in [5.41, 5.74) is 2.96. The monoisotopic (exact) mass is 187 g/mol. The van der Waals surface area contributed by atoms with Crippen molar-refractivity contribution in [2.24, 2.45) is 5.84 Å². The molecule has 4 N–H and O–H groups in total. The third-order valence-electron chi connectivity index (χ3n) is 1.73. The predicted octanol–water partition coefficient (Wildman–Crippen LogP) is 0.646. The fourth-order valence-electron chi connectivity index (χ4n) is 1.04. The Morgan fingerprint density at radius 1 is 1.31 bits per heavy atom. The minimum absolute atomic E-state index is 0.380. The third kappa shape index (κ3) is 2.21. The molecule has 1 aromatic rings. The number of hydrazine groups is 1. The molecule has 0 aliphatic heterocycles. The molecule has 0 saturated carbocycles. The first-order valence-electron chi connectivity index (χ1n) is 3.77. The highest BCUT2D eigenvalue weighted by Gasteiger charge is 2.09. The minimum Gasteiger partial charge on any atom is -0.300 e. The first-order chi connectivity index (χ1) is 6.19. The fourth-order valence-corrected chi connectivity index (χ4v) is 1.04. The van der Waals surface area contributed by atoms with Gasteiger partial charge in [0.05, 0.1) is 6.17 Å². The van der Waals surface area contributed by atoms with Crippen molar-refractivity contribution in [3.8, 4) is 0 Å². The zero-order valence-electron chi connectivity index (χ0n) is 7.14. The Bertz CT molecular complexity index is 287. The van der Waals surface area contributed by atoms with Crippen LogP contribution in [0.3, 0.4) is 0 Å². The van der Waals surface area contributed by atoms with Crippen molar-refractivity contribution in [2.45, 2.75) is 6.17 Å². The third-order valence-corrected chi connectivity index (χ3v) is 1.73. The Hall–Kier alpha value is -1.04. The van der Waals surface area contributed by atoms with Crippen LogP contribution in [0.15, 0.2) is 18.2 Å². The molecule has 0 fully saturated rings. The lowest BCUT2D eigenvalue weighted by Gasteiger charge is -2.14. The second-order valence-corrected chi connectivity index (χ2v) is 2.56. The Kier molecular flexibility index (Phi) is 3.30. The van der Waals surface area contributed by atoms with E-state index in [1.54, 1.807) is 7.05 Å². The van der Waals surface area contributed by atoms with E-state index >= 15 is 0 Å². The Balaban J connectivity index is 2.95. The molecular formula is C8H11F2N3. The second kappa shape index (κ2) is 4.27. The lowest BCUT2D eigenvalue weighted by atomic mass is 10.1. The average molecular weight is 187 g/mol. The summed E-state index contributed by atoms with van der Waals surface area (Å²) in [6, 6.07) is 3.61. The largest absolute Gasteiger partial charge is 0.300 e. The second-order valence-electron chi connectivity index (χ2n) is 2.56. The minimum atomic E-state index is -0.881. The van der Waals surface area contributed by atoms with Crippen LogP contribution in [0.4, 0.5) is 8.78 Å². The molecule has 0 amide bonds. The molecule has 1 atom stereocenters. The molecule has 72 valence electrons. The van der Waals surface area contributed by atoms with Gasteiger partial charge in [0.2, 0.25) is 0 Å². The zero-order chi connectivity index (χ0) is 9.84. The van der Waals surface area contributed by atoms with E-state index in [0.29, 0.717) is 5.56 Å². The van der Waals surface area contributed by atoms with E-state index in [1.807, 2.05) is 0 Å². The summed E-state index contributed by atoms with van der Waals surface area (Å²) >= 11 is 0. The first kappa shape index (κ1) is 10.0. The standard InChI is InChI=1S/C8H11F2N3/c1-12-8(13-11)5-2-3-6(9)7(10)4-5/h2-4,8,12-13H,11H2,1H3. The molecule has 0 aliphatic carbocycles. The molecule has 1 aromatic carbocycles. The van der Waals surface area contributed by atoms with Gasteiger partial charge in [0.1, 0.15) is 0 Å². The molecule has 0 bridgehead atoms. The maximum Gasteiger partial charge on any atom is 0.159 e. The number of benzene rings is 1. The van der Waals surface area contributed by atoms with Crippen molar-refractivity contribution in [1.29, 1.82) is 0 Å². The first-order valence-corrected chi connectivity index (χ1v) is 3.77. The van der Waals surface area contributed by atoms with Gasteiger partial charge in [-0.2, -0.15) is 0 Å². The van der Waals surface area contributed by atoms with Gasteiger partial charge in [-0.15, -0.1) is 0 Å². The van der Waals surface area contributed by atoms with Crippen LogP contribution < -0.4 is 16.6 Å². The van der Waals surface area contributed by atoms with Crippen molar-refractivity contribution < 1.29 is 8.78 Å². The molecule has 0 saturated heterocycles. The van der Waals surface area contributed by atoms with Gasteiger partial charge in [-0.05, 0) is 24.7 Å². The normalized spacial score (nSPS) is 12.9. The topological polar surface area (TPSA) is 50.1 Å². The van der Waals surface area contributed by atoms with E-state index < -0.39 is 11.6 Å². The van der Waals surface area contributed by atoms with Crippen LogP contribution in [-0.4, -0.2) is 7.05 Å². The highest BCUT2D eigenvalue weighted by atomic mass is 19.2. The number of halogens is 2. The van der Waals surface area contributed by atoms with Crippen molar-refractivity contribution in [3.63, 3.8) is 0 Å². The quantitative estimate of drug-likeness (QED) is 0.370. The van der Waals surface area contributed by atoms with Crippen LogP contribution in [0.1, 0.15) is 11.7 Å². The van der Waals surface area contributed by atoms with E-state index in [1.165, 1.54) is 6.07 Å². The molecule has 0 aliphatic rings. The van der Waals surface area contributed by atoms with E-state index in [9.17, 15) is 8.78 Å². The summed E-state index contributed by atoms with van der Waals surface area (Å²) in [6.07, 6.45) is -0.380. The summed E-state index contributed by atoms with van der Waals surface area (Å²) in [7, 11) is 1.66. The van der Waals surface area contributed by atoms with Crippen molar-refractivity contribution >= 4 is 0 Å². The van der Waals surface area contributed by atoms with Gasteiger partial charge in [-0.3, -0.25) is 5.84 Å². The smallest absolute Gasteiger partial charge is 0.159 e. The molecule has 1 rings (SSSR count). The lowest BCUT2D eigenvalue weighted by Crippen LogP contribution is -2.36. The molecule has 0 radical (unpaired) electrons. The summed E-state index contributed by atoms with van der Waals surface area (Å²) in [5, 5.41) is 2.79. The van der Waals surface area contributed by atoms with Crippen molar-refractivity contribution in [3.05, 3.63) is 35.4 Å². The van der Waals surface area contributed by atoms with Gasteiger partial charge < -0.3 is 5.32 Å². The van der Waals surface area contributed by atoms with Gasteiger partial charge in [0.25, 0.3) is 0 Å². The van der Waals surface area contributed by atoms with Crippen molar-refractivity contribution in [1.82, 2.24) is 10.7 Å². The van der Waals surface area contributed by atoms with Gasteiger partial charge in [0, 0.05) is 0 Å². The van der Waals surface area contributed by atoms with Crippen LogP contribution >= 0.6 is 0 Å². The van der Waals surface area contributed by atoms with Crippen LogP contribution in [0.5, 0.6) is 0 Å². The SMILES string of the molecule is CNC(NN)c1ccc(F)c(F)c1. The van der Waals surface area contributed by atoms with E-state index in [4.69, 9.17) is 5.84 Å².